The molecule has 0 saturated carbocycles. The van der Waals surface area contributed by atoms with Gasteiger partial charge in [0, 0.05) is 0 Å². The van der Waals surface area contributed by atoms with Crippen LogP contribution in [0, 0.1) is 11.8 Å². The van der Waals surface area contributed by atoms with Crippen molar-refractivity contribution in [3.05, 3.63) is 29.6 Å². The molecule has 12 heavy (non-hydrogen) atoms. The molecule has 0 aromatic carbocycles. The molecule has 1 rings (SSSR count). The number of halogens is 1. The third-order valence-corrected chi connectivity index (χ3v) is 1.31. The average Bonchev–Trinajstić information content (AvgIpc) is 2.15. The number of alkyl halides is 1. The molecule has 0 fully saturated rings. The number of hydrogen-bond acceptors (Lipinski definition) is 2. The Bertz CT molecular complexity index is 338. The number of nitrogens with zero attached hydrogens (tertiary/aromatic N) is 1. The van der Waals surface area contributed by atoms with Gasteiger partial charge in [0.05, 0.1) is 5.88 Å². The van der Waals surface area contributed by atoms with Crippen LogP contribution in [0.3, 0.4) is 0 Å². The lowest BCUT2D eigenvalue weighted by atomic mass is 10.3. The van der Waals surface area contributed by atoms with E-state index < -0.39 is 0 Å². The van der Waals surface area contributed by atoms with E-state index in [2.05, 4.69) is 16.8 Å². The molecule has 60 valence electrons. The first kappa shape index (κ1) is 8.76. The van der Waals surface area contributed by atoms with Crippen molar-refractivity contribution in [2.24, 2.45) is 0 Å². The molecule has 0 bridgehead atoms. The van der Waals surface area contributed by atoms with Crippen LogP contribution in [0.4, 0.5) is 0 Å². The van der Waals surface area contributed by atoms with Gasteiger partial charge >= 0.3 is 0 Å². The first-order valence-corrected chi connectivity index (χ1v) is 3.87. The van der Waals surface area contributed by atoms with Crippen molar-refractivity contribution in [3.8, 4) is 11.8 Å². The predicted octanol–water partition coefficient (Wildman–Crippen LogP) is 1.48. The minimum absolute atomic E-state index is 0.271. The second kappa shape index (κ2) is 4.53. The highest BCUT2D eigenvalue weighted by Gasteiger charge is 1.91. The van der Waals surface area contributed by atoms with Gasteiger partial charge in [-0.2, -0.15) is 0 Å². The second-order valence-electron chi connectivity index (χ2n) is 2.00. The molecule has 0 amide bonds. The molecule has 0 aliphatic carbocycles. The summed E-state index contributed by atoms with van der Waals surface area (Å²) in [6.07, 6.45) is 0.686. The van der Waals surface area contributed by atoms with E-state index in [1.165, 1.54) is 0 Å². The Balaban J connectivity index is 2.93. The number of hydrogen-bond donors (Lipinski definition) is 0. The highest BCUT2D eigenvalue weighted by molar-refractivity contribution is 6.19. The van der Waals surface area contributed by atoms with Gasteiger partial charge in [0.15, 0.2) is 6.29 Å². The fourth-order valence-electron chi connectivity index (χ4n) is 0.711. The minimum Gasteiger partial charge on any atom is -0.296 e. The van der Waals surface area contributed by atoms with Crippen molar-refractivity contribution in [1.82, 2.24) is 4.98 Å². The molecule has 0 aliphatic heterocycles. The van der Waals surface area contributed by atoms with Crippen LogP contribution in [-0.4, -0.2) is 17.2 Å². The zero-order valence-corrected chi connectivity index (χ0v) is 7.01. The van der Waals surface area contributed by atoms with E-state index in [1.54, 1.807) is 18.2 Å². The summed E-state index contributed by atoms with van der Waals surface area (Å²) in [5.41, 5.74) is 0.955. The van der Waals surface area contributed by atoms with Crippen molar-refractivity contribution in [2.45, 2.75) is 0 Å². The molecule has 0 unspecified atom stereocenters. The van der Waals surface area contributed by atoms with Gasteiger partial charge in [-0.15, -0.1) is 11.6 Å². The van der Waals surface area contributed by atoms with Crippen molar-refractivity contribution < 1.29 is 4.79 Å². The number of pyridine rings is 1. The van der Waals surface area contributed by atoms with Gasteiger partial charge in [-0.3, -0.25) is 4.79 Å². The Morgan fingerprint density at radius 1 is 1.58 bits per heavy atom. The lowest BCUT2D eigenvalue weighted by molar-refractivity contribution is 0.111. The maximum Gasteiger partial charge on any atom is 0.168 e. The molecule has 1 heterocycles. The number of carbonyl (C=O) groups excluding carboxylic acids is 1. The van der Waals surface area contributed by atoms with Gasteiger partial charge in [0.25, 0.3) is 0 Å². The second-order valence-corrected chi connectivity index (χ2v) is 2.27. The monoisotopic (exact) mass is 179 g/mol. The highest BCUT2D eigenvalue weighted by atomic mass is 35.5. The lowest BCUT2D eigenvalue weighted by Gasteiger charge is -1.89. The number of aromatic nitrogens is 1. The van der Waals surface area contributed by atoms with Crippen molar-refractivity contribution in [1.29, 1.82) is 0 Å². The average molecular weight is 180 g/mol. The Morgan fingerprint density at radius 3 is 3.08 bits per heavy atom. The molecule has 1 aromatic rings. The summed E-state index contributed by atoms with van der Waals surface area (Å²) >= 11 is 5.35. The van der Waals surface area contributed by atoms with Gasteiger partial charge in [0.1, 0.15) is 11.4 Å². The van der Waals surface area contributed by atoms with Crippen LogP contribution in [0.2, 0.25) is 0 Å². The standard InChI is InChI=1S/C9H6ClNO/c10-6-2-5-8-3-1-4-9(7-12)11-8/h1,3-4,7H,6H2. The number of aldehydes is 1. The molecule has 0 radical (unpaired) electrons. The SMILES string of the molecule is O=Cc1cccc(C#CCCl)n1. The van der Waals surface area contributed by atoms with E-state index in [4.69, 9.17) is 11.6 Å². The van der Waals surface area contributed by atoms with Crippen LogP contribution in [0.1, 0.15) is 16.2 Å². The van der Waals surface area contributed by atoms with Crippen LogP contribution in [-0.2, 0) is 0 Å². The summed E-state index contributed by atoms with van der Waals surface area (Å²) in [6.45, 7) is 0. The Hall–Kier alpha value is -1.33. The molecule has 0 N–H and O–H groups in total. The number of rotatable bonds is 1. The summed E-state index contributed by atoms with van der Waals surface area (Å²) in [7, 11) is 0. The smallest absolute Gasteiger partial charge is 0.168 e. The maximum absolute atomic E-state index is 10.3. The van der Waals surface area contributed by atoms with Gasteiger partial charge < -0.3 is 0 Å². The molecule has 0 atom stereocenters. The molecule has 0 aliphatic rings. The maximum atomic E-state index is 10.3. The predicted molar refractivity (Wildman–Crippen MR) is 47.2 cm³/mol. The molecule has 2 nitrogen and oxygen atoms in total. The van der Waals surface area contributed by atoms with Crippen LogP contribution < -0.4 is 0 Å². The van der Waals surface area contributed by atoms with Crippen molar-refractivity contribution in [2.75, 3.05) is 5.88 Å². The molecular weight excluding hydrogens is 174 g/mol. The van der Waals surface area contributed by atoms with Crippen LogP contribution in [0.25, 0.3) is 0 Å². The van der Waals surface area contributed by atoms with Gasteiger partial charge in [-0.05, 0) is 18.1 Å². The molecule has 0 spiro atoms. The molecular formula is C9H6ClNO. The molecule has 1 aromatic heterocycles. The van der Waals surface area contributed by atoms with Crippen LogP contribution in [0.15, 0.2) is 18.2 Å². The zero-order valence-electron chi connectivity index (χ0n) is 6.25. The topological polar surface area (TPSA) is 30.0 Å². The largest absolute Gasteiger partial charge is 0.296 e. The highest BCUT2D eigenvalue weighted by Crippen LogP contribution is 1.94. The summed E-state index contributed by atoms with van der Waals surface area (Å²) in [5.74, 6) is 5.64. The van der Waals surface area contributed by atoms with Crippen LogP contribution in [0.5, 0.6) is 0 Å². The van der Waals surface area contributed by atoms with Crippen molar-refractivity contribution in [3.63, 3.8) is 0 Å². The third kappa shape index (κ3) is 2.37. The number of carbonyl (C=O) groups is 1. The molecule has 0 saturated heterocycles. The fourth-order valence-corrected chi connectivity index (χ4v) is 0.778. The first-order chi connectivity index (χ1) is 5.86. The van der Waals surface area contributed by atoms with Gasteiger partial charge in [-0.1, -0.05) is 12.0 Å². The summed E-state index contributed by atoms with van der Waals surface area (Å²) in [5, 5.41) is 0. The fraction of sp³-hybridized carbons (Fsp3) is 0.111. The first-order valence-electron chi connectivity index (χ1n) is 3.34. The van der Waals surface area contributed by atoms with E-state index in [9.17, 15) is 4.79 Å². The normalized spacial score (nSPS) is 8.42. The van der Waals surface area contributed by atoms with E-state index in [0.717, 1.165) is 0 Å². The van der Waals surface area contributed by atoms with Crippen LogP contribution >= 0.6 is 11.6 Å². The Kier molecular flexibility index (Phi) is 3.31. The Morgan fingerprint density at radius 2 is 2.42 bits per heavy atom. The summed E-state index contributed by atoms with van der Waals surface area (Å²) in [6, 6.07) is 5.08. The van der Waals surface area contributed by atoms with Crippen molar-refractivity contribution >= 4 is 17.9 Å². The van der Waals surface area contributed by atoms with E-state index in [0.29, 0.717) is 17.7 Å². The quantitative estimate of drug-likeness (QED) is 0.371. The Labute approximate surface area is 75.6 Å². The van der Waals surface area contributed by atoms with Gasteiger partial charge in [0.2, 0.25) is 0 Å². The zero-order chi connectivity index (χ0) is 8.81. The van der Waals surface area contributed by atoms with E-state index in [1.807, 2.05) is 0 Å². The third-order valence-electron chi connectivity index (χ3n) is 1.17. The lowest BCUT2D eigenvalue weighted by Crippen LogP contribution is -1.88. The molecule has 3 heteroatoms. The van der Waals surface area contributed by atoms with E-state index >= 15 is 0 Å². The summed E-state index contributed by atoms with van der Waals surface area (Å²) < 4.78 is 0. The van der Waals surface area contributed by atoms with Gasteiger partial charge in [-0.25, -0.2) is 4.98 Å². The van der Waals surface area contributed by atoms with E-state index in [-0.39, 0.29) is 5.88 Å². The minimum atomic E-state index is 0.271. The summed E-state index contributed by atoms with van der Waals surface area (Å²) in [4.78, 5) is 14.2.